The molecule has 2 nitrogen and oxygen atoms in total. The molecule has 0 fully saturated rings. The molecular weight excluding hydrogens is 252 g/mol. The average molecular weight is 272 g/mol. The number of rotatable bonds is 4. The molecule has 3 rings (SSSR count). The highest BCUT2D eigenvalue weighted by Gasteiger charge is 2.18. The van der Waals surface area contributed by atoms with Crippen LogP contribution in [0.5, 0.6) is 0 Å². The number of nitrogens with zero attached hydrogens (tertiary/aromatic N) is 1. The molecule has 1 aliphatic rings. The van der Waals surface area contributed by atoms with E-state index in [0.717, 1.165) is 25.8 Å². The zero-order valence-corrected chi connectivity index (χ0v) is 12.0. The molecule has 0 unspecified atom stereocenters. The standard InChI is InChI=1S/C16H20N2S/c17-11-4-3-10-15-18-16-13-8-2-1-6-12(13)7-5-9-14(16)19-15/h1-2,6,8H,3-5,7,9-11,17H2. The highest BCUT2D eigenvalue weighted by molar-refractivity contribution is 7.12. The van der Waals surface area contributed by atoms with Crippen LogP contribution in [0.15, 0.2) is 24.3 Å². The fourth-order valence-electron chi connectivity index (χ4n) is 2.72. The van der Waals surface area contributed by atoms with Crippen LogP contribution in [-0.2, 0) is 19.3 Å². The van der Waals surface area contributed by atoms with E-state index in [9.17, 15) is 0 Å². The van der Waals surface area contributed by atoms with Crippen LogP contribution < -0.4 is 5.73 Å². The molecule has 1 aliphatic carbocycles. The Morgan fingerprint density at radius 2 is 2.05 bits per heavy atom. The van der Waals surface area contributed by atoms with Crippen molar-refractivity contribution < 1.29 is 0 Å². The van der Waals surface area contributed by atoms with Crippen LogP contribution in [0.1, 0.15) is 34.7 Å². The Kier molecular flexibility index (Phi) is 3.95. The topological polar surface area (TPSA) is 38.9 Å². The van der Waals surface area contributed by atoms with Gasteiger partial charge < -0.3 is 5.73 Å². The Hall–Kier alpha value is -1.19. The van der Waals surface area contributed by atoms with Crippen molar-refractivity contribution in [3.63, 3.8) is 0 Å². The van der Waals surface area contributed by atoms with Gasteiger partial charge in [-0.2, -0.15) is 0 Å². The second-order valence-corrected chi connectivity index (χ2v) is 6.30. The van der Waals surface area contributed by atoms with Crippen molar-refractivity contribution in [1.82, 2.24) is 4.98 Å². The maximum atomic E-state index is 5.56. The number of benzene rings is 1. The summed E-state index contributed by atoms with van der Waals surface area (Å²) in [7, 11) is 0. The Bertz CT molecular complexity index is 560. The zero-order valence-electron chi connectivity index (χ0n) is 11.2. The first kappa shape index (κ1) is 12.8. The van der Waals surface area contributed by atoms with Gasteiger partial charge in [0.15, 0.2) is 0 Å². The molecule has 1 heterocycles. The molecule has 2 aromatic rings. The van der Waals surface area contributed by atoms with Crippen LogP contribution in [0.4, 0.5) is 0 Å². The van der Waals surface area contributed by atoms with E-state index < -0.39 is 0 Å². The Morgan fingerprint density at radius 3 is 2.95 bits per heavy atom. The van der Waals surface area contributed by atoms with Gasteiger partial charge in [-0.3, -0.25) is 0 Å². The van der Waals surface area contributed by atoms with Crippen molar-refractivity contribution in [2.75, 3.05) is 6.54 Å². The smallest absolute Gasteiger partial charge is 0.0935 e. The quantitative estimate of drug-likeness (QED) is 0.864. The Balaban J connectivity index is 1.90. The fraction of sp³-hybridized carbons (Fsp3) is 0.438. The zero-order chi connectivity index (χ0) is 13.1. The molecule has 3 heteroatoms. The fourth-order valence-corrected chi connectivity index (χ4v) is 3.88. The van der Waals surface area contributed by atoms with Gasteiger partial charge in [0.2, 0.25) is 0 Å². The van der Waals surface area contributed by atoms with Crippen molar-refractivity contribution >= 4 is 11.3 Å². The number of unbranched alkanes of at least 4 members (excludes halogenated alkanes) is 1. The molecule has 0 saturated heterocycles. The van der Waals surface area contributed by atoms with E-state index in [2.05, 4.69) is 24.3 Å². The number of aromatic nitrogens is 1. The summed E-state index contributed by atoms with van der Waals surface area (Å²) < 4.78 is 0. The van der Waals surface area contributed by atoms with Gasteiger partial charge in [-0.05, 0) is 50.6 Å². The van der Waals surface area contributed by atoms with Crippen molar-refractivity contribution in [1.29, 1.82) is 0 Å². The molecule has 100 valence electrons. The number of nitrogens with two attached hydrogens (primary N) is 1. The number of aryl methyl sites for hydroxylation is 3. The first-order valence-corrected chi connectivity index (χ1v) is 7.97. The monoisotopic (exact) mass is 272 g/mol. The third-order valence-corrected chi connectivity index (χ3v) is 4.88. The van der Waals surface area contributed by atoms with Crippen LogP contribution in [0.2, 0.25) is 0 Å². The van der Waals surface area contributed by atoms with Crippen molar-refractivity contribution in [3.8, 4) is 11.3 Å². The van der Waals surface area contributed by atoms with Crippen LogP contribution in [-0.4, -0.2) is 11.5 Å². The second-order valence-electron chi connectivity index (χ2n) is 5.14. The lowest BCUT2D eigenvalue weighted by Gasteiger charge is -2.03. The van der Waals surface area contributed by atoms with Crippen LogP contribution >= 0.6 is 11.3 Å². The molecule has 1 aromatic carbocycles. The van der Waals surface area contributed by atoms with Gasteiger partial charge in [0.05, 0.1) is 10.7 Å². The minimum atomic E-state index is 0.786. The first-order chi connectivity index (χ1) is 9.38. The van der Waals surface area contributed by atoms with Gasteiger partial charge >= 0.3 is 0 Å². The molecule has 1 aromatic heterocycles. The van der Waals surface area contributed by atoms with Crippen LogP contribution in [0, 0.1) is 0 Å². The molecule has 2 N–H and O–H groups in total. The Morgan fingerprint density at radius 1 is 1.16 bits per heavy atom. The summed E-state index contributed by atoms with van der Waals surface area (Å²) in [6, 6.07) is 8.74. The van der Waals surface area contributed by atoms with E-state index in [1.54, 1.807) is 0 Å². The molecular formula is C16H20N2S. The maximum absolute atomic E-state index is 5.56. The molecule has 0 spiro atoms. The molecule has 0 radical (unpaired) electrons. The lowest BCUT2D eigenvalue weighted by molar-refractivity contribution is 0.742. The van der Waals surface area contributed by atoms with Gasteiger partial charge in [-0.1, -0.05) is 24.3 Å². The summed E-state index contributed by atoms with van der Waals surface area (Å²) in [5, 5.41) is 1.29. The summed E-state index contributed by atoms with van der Waals surface area (Å²) >= 11 is 1.91. The third kappa shape index (κ3) is 2.72. The number of hydrogen-bond donors (Lipinski definition) is 1. The molecule has 0 amide bonds. The van der Waals surface area contributed by atoms with Crippen LogP contribution in [0.25, 0.3) is 11.3 Å². The number of fused-ring (bicyclic) bond motifs is 3. The van der Waals surface area contributed by atoms with Crippen molar-refractivity contribution in [2.24, 2.45) is 5.73 Å². The molecule has 0 bridgehead atoms. The summed E-state index contributed by atoms with van der Waals surface area (Å²) in [6.07, 6.45) is 6.94. The second kappa shape index (κ2) is 5.85. The van der Waals surface area contributed by atoms with Crippen molar-refractivity contribution in [3.05, 3.63) is 39.7 Å². The number of thiazole rings is 1. The lowest BCUT2D eigenvalue weighted by Crippen LogP contribution is -1.98. The average Bonchev–Trinajstić information content (AvgIpc) is 2.75. The predicted molar refractivity (Wildman–Crippen MR) is 81.6 cm³/mol. The number of hydrogen-bond acceptors (Lipinski definition) is 3. The third-order valence-electron chi connectivity index (χ3n) is 3.71. The van der Waals surface area contributed by atoms with Gasteiger partial charge in [-0.15, -0.1) is 11.3 Å². The van der Waals surface area contributed by atoms with E-state index in [4.69, 9.17) is 10.7 Å². The summed E-state index contributed by atoms with van der Waals surface area (Å²) in [5.41, 5.74) is 9.62. The van der Waals surface area contributed by atoms with E-state index in [-0.39, 0.29) is 0 Å². The molecule has 0 atom stereocenters. The predicted octanol–water partition coefficient (Wildman–Crippen LogP) is 3.58. The summed E-state index contributed by atoms with van der Waals surface area (Å²) in [4.78, 5) is 6.38. The van der Waals surface area contributed by atoms with Crippen molar-refractivity contribution in [2.45, 2.75) is 38.5 Å². The van der Waals surface area contributed by atoms with Crippen LogP contribution in [0.3, 0.4) is 0 Å². The SMILES string of the molecule is NCCCCc1nc2c(s1)CCCc1ccccc1-2. The van der Waals surface area contributed by atoms with Gasteiger partial charge in [0, 0.05) is 10.4 Å². The largest absolute Gasteiger partial charge is 0.330 e. The van der Waals surface area contributed by atoms with E-state index in [1.807, 2.05) is 11.3 Å². The summed E-state index contributed by atoms with van der Waals surface area (Å²) in [6.45, 7) is 0.786. The van der Waals surface area contributed by atoms with Gasteiger partial charge in [0.25, 0.3) is 0 Å². The van der Waals surface area contributed by atoms with Gasteiger partial charge in [0.1, 0.15) is 0 Å². The molecule has 0 saturated carbocycles. The summed E-state index contributed by atoms with van der Waals surface area (Å²) in [5.74, 6) is 0. The minimum Gasteiger partial charge on any atom is -0.330 e. The molecule has 19 heavy (non-hydrogen) atoms. The highest BCUT2D eigenvalue weighted by Crippen LogP contribution is 2.35. The van der Waals surface area contributed by atoms with Gasteiger partial charge in [-0.25, -0.2) is 4.98 Å². The normalized spacial score (nSPS) is 13.7. The lowest BCUT2D eigenvalue weighted by atomic mass is 10.0. The van der Waals surface area contributed by atoms with E-state index in [1.165, 1.54) is 46.0 Å². The van der Waals surface area contributed by atoms with E-state index in [0.29, 0.717) is 0 Å². The maximum Gasteiger partial charge on any atom is 0.0935 e. The minimum absolute atomic E-state index is 0.786. The Labute approximate surface area is 118 Å². The first-order valence-electron chi connectivity index (χ1n) is 7.15. The van der Waals surface area contributed by atoms with E-state index >= 15 is 0 Å². The molecule has 0 aliphatic heterocycles. The highest BCUT2D eigenvalue weighted by atomic mass is 32.1.